The minimum Gasteiger partial charge on any atom is -0.497 e. The average Bonchev–Trinajstić information content (AvgIpc) is 2.74. The first kappa shape index (κ1) is 20.5. The molecule has 29 heavy (non-hydrogen) atoms. The van der Waals surface area contributed by atoms with Gasteiger partial charge in [0.25, 0.3) is 0 Å². The molecule has 0 N–H and O–H groups in total. The molecular weight excluding hydrogens is 358 g/mol. The van der Waals surface area contributed by atoms with Crippen LogP contribution in [0.2, 0.25) is 0 Å². The number of ether oxygens (including phenoxy) is 1. The Labute approximate surface area is 173 Å². The van der Waals surface area contributed by atoms with Crippen LogP contribution in [-0.4, -0.2) is 17.8 Å². The normalized spacial score (nSPS) is 11.5. The van der Waals surface area contributed by atoms with Gasteiger partial charge in [-0.15, -0.1) is 5.73 Å². The lowest BCUT2D eigenvalue weighted by molar-refractivity contribution is 0.386. The first-order chi connectivity index (χ1) is 14.1. The van der Waals surface area contributed by atoms with Crippen molar-refractivity contribution in [2.24, 2.45) is 10.9 Å². The van der Waals surface area contributed by atoms with E-state index >= 15 is 0 Å². The van der Waals surface area contributed by atoms with Gasteiger partial charge in [0, 0.05) is 25.1 Å². The van der Waals surface area contributed by atoms with Crippen LogP contribution in [0, 0.1) is 5.92 Å². The van der Waals surface area contributed by atoms with Crippen LogP contribution in [-0.2, 0) is 13.1 Å². The number of methoxy groups -OCH3 is 1. The number of rotatable bonds is 7. The highest BCUT2D eigenvalue weighted by Gasteiger charge is 2.17. The molecule has 0 saturated carbocycles. The molecule has 4 heteroatoms. The van der Waals surface area contributed by atoms with E-state index in [1.165, 1.54) is 11.1 Å². The Morgan fingerprint density at radius 1 is 0.897 bits per heavy atom. The zero-order valence-corrected chi connectivity index (χ0v) is 17.2. The Morgan fingerprint density at radius 3 is 1.93 bits per heavy atom. The maximum absolute atomic E-state index is 10.3. The minimum absolute atomic E-state index is 0.142. The topological polar surface area (TPSA) is 47.1 Å². The van der Waals surface area contributed by atoms with Gasteiger partial charge in [-0.3, -0.25) is 0 Å². The third kappa shape index (κ3) is 5.61. The van der Waals surface area contributed by atoms with E-state index in [0.717, 1.165) is 18.9 Å². The van der Waals surface area contributed by atoms with Crippen molar-refractivity contribution in [3.8, 4) is 5.75 Å². The molecule has 3 aromatic rings. The van der Waals surface area contributed by atoms with Gasteiger partial charge in [-0.2, -0.15) is 0 Å². The molecule has 2 radical (unpaired) electrons. The molecule has 0 aliphatic heterocycles. The molecule has 4 nitrogen and oxygen atoms in total. The third-order valence-electron chi connectivity index (χ3n) is 4.69. The van der Waals surface area contributed by atoms with Gasteiger partial charge in [0.1, 0.15) is 17.3 Å². The van der Waals surface area contributed by atoms with E-state index in [4.69, 9.17) is 9.73 Å². The standard InChI is InChI=1S/C25H27N3O/c1-19(2)25(27-24-16-22(29-3)14-15-23(24)26)28(17-20-10-6-4-7-11-20)18-21-12-8-5-9-13-21/h4-16,19H,17-18H2,1-3H3. The summed E-state index contributed by atoms with van der Waals surface area (Å²) in [7, 11) is 1.61. The molecule has 0 unspecified atom stereocenters. The van der Waals surface area contributed by atoms with Crippen LogP contribution in [0.15, 0.2) is 83.9 Å². The lowest BCUT2D eigenvalue weighted by atomic mass is 10.1. The van der Waals surface area contributed by atoms with E-state index < -0.39 is 0 Å². The lowest BCUT2D eigenvalue weighted by Gasteiger charge is -2.29. The van der Waals surface area contributed by atoms with E-state index in [0.29, 0.717) is 11.4 Å². The average molecular weight is 386 g/mol. The van der Waals surface area contributed by atoms with Gasteiger partial charge in [-0.1, -0.05) is 74.5 Å². The highest BCUT2D eigenvalue weighted by molar-refractivity contribution is 5.88. The van der Waals surface area contributed by atoms with Gasteiger partial charge < -0.3 is 9.64 Å². The summed E-state index contributed by atoms with van der Waals surface area (Å²) in [5.41, 5.74) is 13.4. The molecule has 0 fully saturated rings. The summed E-state index contributed by atoms with van der Waals surface area (Å²) >= 11 is 0. The summed E-state index contributed by atoms with van der Waals surface area (Å²) in [6.07, 6.45) is 0. The Balaban J connectivity index is 2.01. The molecule has 0 spiro atoms. The van der Waals surface area contributed by atoms with Crippen molar-refractivity contribution in [2.75, 3.05) is 7.11 Å². The first-order valence-electron chi connectivity index (χ1n) is 9.85. The number of aliphatic imine (C=N–C) groups is 1. The summed E-state index contributed by atoms with van der Waals surface area (Å²) in [5.74, 6) is 1.76. The molecule has 0 aliphatic rings. The van der Waals surface area contributed by atoms with Gasteiger partial charge in [-0.05, 0) is 23.3 Å². The van der Waals surface area contributed by atoms with E-state index in [-0.39, 0.29) is 11.6 Å². The molecular formula is C25H27N3O. The molecule has 0 saturated heterocycles. The lowest BCUT2D eigenvalue weighted by Crippen LogP contribution is -2.33. The second kappa shape index (κ2) is 9.78. The van der Waals surface area contributed by atoms with Crippen molar-refractivity contribution in [1.29, 1.82) is 0 Å². The predicted molar refractivity (Wildman–Crippen MR) is 119 cm³/mol. The van der Waals surface area contributed by atoms with Crippen LogP contribution in [0.4, 0.5) is 11.4 Å². The maximum atomic E-state index is 10.3. The van der Waals surface area contributed by atoms with Crippen molar-refractivity contribution in [3.63, 3.8) is 0 Å². The monoisotopic (exact) mass is 385 g/mol. The molecule has 148 valence electrons. The van der Waals surface area contributed by atoms with Crippen LogP contribution in [0.1, 0.15) is 25.0 Å². The molecule has 3 rings (SSSR count). The van der Waals surface area contributed by atoms with Crippen molar-refractivity contribution in [1.82, 2.24) is 10.6 Å². The number of amidine groups is 1. The van der Waals surface area contributed by atoms with Crippen LogP contribution >= 0.6 is 0 Å². The quantitative estimate of drug-likeness (QED) is 0.382. The van der Waals surface area contributed by atoms with Crippen LogP contribution in [0.3, 0.4) is 0 Å². The largest absolute Gasteiger partial charge is 0.497 e. The zero-order chi connectivity index (χ0) is 20.6. The number of hydrogen-bond donors (Lipinski definition) is 0. The maximum Gasteiger partial charge on any atom is 0.121 e. The van der Waals surface area contributed by atoms with Gasteiger partial charge in [0.05, 0.1) is 12.8 Å². The molecule has 0 aliphatic carbocycles. The first-order valence-corrected chi connectivity index (χ1v) is 9.85. The van der Waals surface area contributed by atoms with E-state index in [9.17, 15) is 5.73 Å². The molecule has 0 amide bonds. The second-order valence-electron chi connectivity index (χ2n) is 7.31. The molecule has 0 bridgehead atoms. The predicted octanol–water partition coefficient (Wildman–Crippen LogP) is 5.78. The van der Waals surface area contributed by atoms with Gasteiger partial charge in [0.2, 0.25) is 0 Å². The van der Waals surface area contributed by atoms with Crippen LogP contribution < -0.4 is 10.5 Å². The second-order valence-corrected chi connectivity index (χ2v) is 7.31. The molecule has 0 atom stereocenters. The Bertz CT molecular complexity index is 895. The summed E-state index contributed by atoms with van der Waals surface area (Å²) < 4.78 is 5.31. The Kier molecular flexibility index (Phi) is 6.90. The Morgan fingerprint density at radius 2 is 1.45 bits per heavy atom. The third-order valence-corrected chi connectivity index (χ3v) is 4.69. The van der Waals surface area contributed by atoms with Gasteiger partial charge in [-0.25, -0.2) is 4.99 Å². The summed E-state index contributed by atoms with van der Waals surface area (Å²) in [5, 5.41) is 0. The molecule has 3 aromatic carbocycles. The van der Waals surface area contributed by atoms with E-state index in [1.54, 1.807) is 25.3 Å². The number of hydrogen-bond acceptors (Lipinski definition) is 2. The van der Waals surface area contributed by atoms with E-state index in [2.05, 4.69) is 67.3 Å². The van der Waals surface area contributed by atoms with Crippen LogP contribution in [0.25, 0.3) is 0 Å². The SMILES string of the molecule is COc1ccc([N])c(N=C(C(C)C)N(Cc2ccccc2)Cc2ccccc2)c1. The van der Waals surface area contributed by atoms with Crippen molar-refractivity contribution < 1.29 is 4.74 Å². The fraction of sp³-hybridized carbons (Fsp3) is 0.240. The Hall–Kier alpha value is -3.27. The fourth-order valence-corrected chi connectivity index (χ4v) is 3.23. The molecule has 0 aromatic heterocycles. The smallest absolute Gasteiger partial charge is 0.121 e. The van der Waals surface area contributed by atoms with Crippen molar-refractivity contribution in [2.45, 2.75) is 26.9 Å². The zero-order valence-electron chi connectivity index (χ0n) is 17.2. The van der Waals surface area contributed by atoms with Crippen molar-refractivity contribution in [3.05, 3.63) is 90.0 Å². The van der Waals surface area contributed by atoms with Gasteiger partial charge >= 0.3 is 0 Å². The van der Waals surface area contributed by atoms with Gasteiger partial charge in [0.15, 0.2) is 0 Å². The van der Waals surface area contributed by atoms with Crippen molar-refractivity contribution >= 4 is 17.2 Å². The highest BCUT2D eigenvalue weighted by atomic mass is 16.5. The minimum atomic E-state index is 0.142. The summed E-state index contributed by atoms with van der Waals surface area (Å²) in [4.78, 5) is 7.14. The highest BCUT2D eigenvalue weighted by Crippen LogP contribution is 2.30. The fourth-order valence-electron chi connectivity index (χ4n) is 3.23. The van der Waals surface area contributed by atoms with E-state index in [1.807, 2.05) is 12.1 Å². The number of nitrogens with zero attached hydrogens (tertiary/aromatic N) is 3. The number of benzene rings is 3. The molecule has 0 heterocycles. The summed E-state index contributed by atoms with van der Waals surface area (Å²) in [6.45, 7) is 5.72. The summed E-state index contributed by atoms with van der Waals surface area (Å²) in [6, 6.07) is 25.9. The van der Waals surface area contributed by atoms with Crippen LogP contribution in [0.5, 0.6) is 5.75 Å².